The first kappa shape index (κ1) is 9.00. The first-order valence-electron chi connectivity index (χ1n) is 4.66. The molecule has 2 nitrogen and oxygen atoms in total. The summed E-state index contributed by atoms with van der Waals surface area (Å²) in [5.74, 6) is 0.261. The molecule has 0 saturated carbocycles. The van der Waals surface area contributed by atoms with Gasteiger partial charge in [-0.2, -0.15) is 0 Å². The van der Waals surface area contributed by atoms with Crippen LogP contribution in [0.3, 0.4) is 0 Å². The molecule has 0 saturated heterocycles. The van der Waals surface area contributed by atoms with E-state index in [2.05, 4.69) is 4.98 Å². The SMILES string of the molecule is Cc1cc(C)c2c(C)ccc(O)c2n1. The molecule has 0 spiro atoms. The molecule has 0 fully saturated rings. The Kier molecular flexibility index (Phi) is 1.92. The van der Waals surface area contributed by atoms with Crippen LogP contribution in [0.5, 0.6) is 5.75 Å². The molecule has 1 N–H and O–H groups in total. The molecule has 0 bridgehead atoms. The monoisotopic (exact) mass is 187 g/mol. The molecule has 1 aromatic carbocycles. The number of hydrogen-bond donors (Lipinski definition) is 1. The molecular formula is C12H13NO. The first-order chi connectivity index (χ1) is 6.59. The Labute approximate surface area is 83.2 Å². The number of aromatic nitrogens is 1. The van der Waals surface area contributed by atoms with Crippen molar-refractivity contribution < 1.29 is 5.11 Å². The molecule has 2 rings (SSSR count). The van der Waals surface area contributed by atoms with E-state index in [1.54, 1.807) is 6.07 Å². The number of fused-ring (bicyclic) bond motifs is 1. The Balaban J connectivity index is 3.00. The molecule has 72 valence electrons. The summed E-state index contributed by atoms with van der Waals surface area (Å²) in [5.41, 5.74) is 3.97. The second-order valence-electron chi connectivity index (χ2n) is 3.71. The smallest absolute Gasteiger partial charge is 0.141 e. The Morgan fingerprint density at radius 3 is 2.50 bits per heavy atom. The van der Waals surface area contributed by atoms with E-state index in [1.807, 2.05) is 32.9 Å². The van der Waals surface area contributed by atoms with Crippen LogP contribution in [-0.4, -0.2) is 10.1 Å². The maximum Gasteiger partial charge on any atom is 0.141 e. The van der Waals surface area contributed by atoms with Gasteiger partial charge in [-0.1, -0.05) is 6.07 Å². The number of aryl methyl sites for hydroxylation is 3. The lowest BCUT2D eigenvalue weighted by atomic mass is 10.0. The van der Waals surface area contributed by atoms with Crippen LogP contribution >= 0.6 is 0 Å². The normalized spacial score (nSPS) is 10.8. The number of nitrogens with zero attached hydrogens (tertiary/aromatic N) is 1. The van der Waals surface area contributed by atoms with E-state index in [-0.39, 0.29) is 5.75 Å². The third kappa shape index (κ3) is 1.23. The van der Waals surface area contributed by atoms with E-state index in [0.29, 0.717) is 5.52 Å². The molecule has 0 atom stereocenters. The molecule has 2 heteroatoms. The van der Waals surface area contributed by atoms with E-state index in [0.717, 1.165) is 16.6 Å². The van der Waals surface area contributed by atoms with Gasteiger partial charge < -0.3 is 5.11 Å². The quantitative estimate of drug-likeness (QED) is 0.688. The molecule has 1 aromatic heterocycles. The molecule has 0 radical (unpaired) electrons. The Hall–Kier alpha value is -1.57. The van der Waals surface area contributed by atoms with Crippen LogP contribution in [0, 0.1) is 20.8 Å². The van der Waals surface area contributed by atoms with Crippen molar-refractivity contribution in [2.45, 2.75) is 20.8 Å². The zero-order valence-corrected chi connectivity index (χ0v) is 8.63. The Bertz CT molecular complexity index is 503. The second-order valence-corrected chi connectivity index (χ2v) is 3.71. The number of benzene rings is 1. The van der Waals surface area contributed by atoms with Crippen molar-refractivity contribution in [3.63, 3.8) is 0 Å². The van der Waals surface area contributed by atoms with Crippen molar-refractivity contribution in [1.82, 2.24) is 4.98 Å². The van der Waals surface area contributed by atoms with Crippen molar-refractivity contribution in [1.29, 1.82) is 0 Å². The number of hydrogen-bond acceptors (Lipinski definition) is 2. The number of pyridine rings is 1. The van der Waals surface area contributed by atoms with Crippen LogP contribution < -0.4 is 0 Å². The summed E-state index contributed by atoms with van der Waals surface area (Å²) in [6.45, 7) is 6.02. The highest BCUT2D eigenvalue weighted by molar-refractivity contribution is 5.90. The Morgan fingerprint density at radius 1 is 1.07 bits per heavy atom. The summed E-state index contributed by atoms with van der Waals surface area (Å²) in [7, 11) is 0. The lowest BCUT2D eigenvalue weighted by Crippen LogP contribution is -1.90. The number of aromatic hydroxyl groups is 1. The molecular weight excluding hydrogens is 174 g/mol. The predicted octanol–water partition coefficient (Wildman–Crippen LogP) is 2.87. The summed E-state index contributed by atoms with van der Waals surface area (Å²) in [4.78, 5) is 4.35. The van der Waals surface area contributed by atoms with Gasteiger partial charge in [-0.05, 0) is 44.0 Å². The number of phenolic OH excluding ortho intramolecular Hbond substituents is 1. The van der Waals surface area contributed by atoms with Gasteiger partial charge in [0.05, 0.1) is 0 Å². The maximum atomic E-state index is 9.68. The molecule has 0 unspecified atom stereocenters. The second kappa shape index (κ2) is 2.98. The molecule has 1 heterocycles. The van der Waals surface area contributed by atoms with Gasteiger partial charge in [0, 0.05) is 11.1 Å². The highest BCUT2D eigenvalue weighted by atomic mass is 16.3. The highest BCUT2D eigenvalue weighted by Crippen LogP contribution is 2.28. The van der Waals surface area contributed by atoms with Gasteiger partial charge in [0.1, 0.15) is 11.3 Å². The molecule has 2 aromatic rings. The van der Waals surface area contributed by atoms with Crippen LogP contribution in [0.1, 0.15) is 16.8 Å². The van der Waals surface area contributed by atoms with E-state index < -0.39 is 0 Å². The third-order valence-electron chi connectivity index (χ3n) is 2.47. The minimum Gasteiger partial charge on any atom is -0.506 e. The minimum atomic E-state index is 0.261. The summed E-state index contributed by atoms with van der Waals surface area (Å²) >= 11 is 0. The van der Waals surface area contributed by atoms with E-state index in [9.17, 15) is 5.11 Å². The average Bonchev–Trinajstić information content (AvgIpc) is 2.10. The van der Waals surface area contributed by atoms with Crippen LogP contribution in [0.25, 0.3) is 10.9 Å². The highest BCUT2D eigenvalue weighted by Gasteiger charge is 2.06. The minimum absolute atomic E-state index is 0.261. The molecule has 14 heavy (non-hydrogen) atoms. The fourth-order valence-corrected chi connectivity index (χ4v) is 1.89. The van der Waals surface area contributed by atoms with Crippen LogP contribution in [0.15, 0.2) is 18.2 Å². The maximum absolute atomic E-state index is 9.68. The molecule has 0 aliphatic heterocycles. The van der Waals surface area contributed by atoms with Crippen LogP contribution in [0.4, 0.5) is 0 Å². The molecule has 0 aliphatic rings. The summed E-state index contributed by atoms with van der Waals surface area (Å²) in [5, 5.41) is 10.7. The third-order valence-corrected chi connectivity index (χ3v) is 2.47. The van der Waals surface area contributed by atoms with Gasteiger partial charge in [-0.25, -0.2) is 4.98 Å². The van der Waals surface area contributed by atoms with Gasteiger partial charge >= 0.3 is 0 Å². The predicted molar refractivity (Wildman–Crippen MR) is 57.6 cm³/mol. The van der Waals surface area contributed by atoms with Crippen molar-refractivity contribution >= 4 is 10.9 Å². The largest absolute Gasteiger partial charge is 0.506 e. The van der Waals surface area contributed by atoms with Crippen molar-refractivity contribution in [3.05, 3.63) is 35.0 Å². The van der Waals surface area contributed by atoms with E-state index >= 15 is 0 Å². The van der Waals surface area contributed by atoms with Crippen molar-refractivity contribution in [3.8, 4) is 5.75 Å². The Morgan fingerprint density at radius 2 is 1.79 bits per heavy atom. The van der Waals surface area contributed by atoms with Gasteiger partial charge in [0.15, 0.2) is 0 Å². The molecule has 0 amide bonds. The zero-order valence-electron chi connectivity index (χ0n) is 8.63. The summed E-state index contributed by atoms with van der Waals surface area (Å²) in [6.07, 6.45) is 0. The topological polar surface area (TPSA) is 33.1 Å². The number of rotatable bonds is 0. The standard InChI is InChI=1S/C12H13NO/c1-7-4-5-10(14)12-11(7)8(2)6-9(3)13-12/h4-6,14H,1-3H3. The first-order valence-corrected chi connectivity index (χ1v) is 4.66. The molecule has 0 aliphatic carbocycles. The summed E-state index contributed by atoms with van der Waals surface area (Å²) < 4.78 is 0. The fraction of sp³-hybridized carbons (Fsp3) is 0.250. The van der Waals surface area contributed by atoms with E-state index in [4.69, 9.17) is 0 Å². The van der Waals surface area contributed by atoms with Gasteiger partial charge in [-0.3, -0.25) is 0 Å². The lowest BCUT2D eigenvalue weighted by molar-refractivity contribution is 0.480. The summed E-state index contributed by atoms with van der Waals surface area (Å²) in [6, 6.07) is 5.65. The zero-order chi connectivity index (χ0) is 10.3. The van der Waals surface area contributed by atoms with Crippen molar-refractivity contribution in [2.24, 2.45) is 0 Å². The van der Waals surface area contributed by atoms with Gasteiger partial charge in [0.2, 0.25) is 0 Å². The van der Waals surface area contributed by atoms with Gasteiger partial charge in [-0.15, -0.1) is 0 Å². The van der Waals surface area contributed by atoms with Crippen LogP contribution in [0.2, 0.25) is 0 Å². The fourth-order valence-electron chi connectivity index (χ4n) is 1.89. The average molecular weight is 187 g/mol. The van der Waals surface area contributed by atoms with Gasteiger partial charge in [0.25, 0.3) is 0 Å². The lowest BCUT2D eigenvalue weighted by Gasteiger charge is -2.07. The van der Waals surface area contributed by atoms with Crippen LogP contribution in [-0.2, 0) is 0 Å². The number of phenols is 1. The van der Waals surface area contributed by atoms with Crippen molar-refractivity contribution in [2.75, 3.05) is 0 Å². The van der Waals surface area contributed by atoms with E-state index in [1.165, 1.54) is 5.56 Å².